The van der Waals surface area contributed by atoms with E-state index in [1.807, 2.05) is 7.05 Å². The van der Waals surface area contributed by atoms with Crippen LogP contribution in [0.25, 0.3) is 0 Å². The zero-order valence-electron chi connectivity index (χ0n) is 13.0. The van der Waals surface area contributed by atoms with Crippen LogP contribution in [0.4, 0.5) is 0 Å². The van der Waals surface area contributed by atoms with Crippen LogP contribution in [0.5, 0.6) is 0 Å². The molecule has 2 rings (SSSR count). The summed E-state index contributed by atoms with van der Waals surface area (Å²) in [7, 11) is 2.03. The Morgan fingerprint density at radius 2 is 2.05 bits per heavy atom. The number of hydrogen-bond acceptors (Lipinski definition) is 2. The first-order valence-corrected chi connectivity index (χ1v) is 7.47. The van der Waals surface area contributed by atoms with E-state index >= 15 is 0 Å². The van der Waals surface area contributed by atoms with E-state index in [2.05, 4.69) is 66.2 Å². The van der Waals surface area contributed by atoms with Gasteiger partial charge in [0.1, 0.15) is 0 Å². The van der Waals surface area contributed by atoms with Gasteiger partial charge in [0.25, 0.3) is 0 Å². The molecule has 2 aromatic rings. The highest BCUT2D eigenvalue weighted by Crippen LogP contribution is 2.20. The van der Waals surface area contributed by atoms with Crippen LogP contribution in [0.3, 0.4) is 0 Å². The molecule has 3 nitrogen and oxygen atoms in total. The Kier molecular flexibility index (Phi) is 4.96. The average molecular weight is 271 g/mol. The van der Waals surface area contributed by atoms with Crippen LogP contribution >= 0.6 is 0 Å². The molecule has 3 heteroatoms. The zero-order valence-corrected chi connectivity index (χ0v) is 13.0. The van der Waals surface area contributed by atoms with Crippen LogP contribution in [0, 0.1) is 6.92 Å². The molecule has 0 saturated carbocycles. The van der Waals surface area contributed by atoms with Crippen molar-refractivity contribution in [2.45, 2.75) is 46.2 Å². The Balaban J connectivity index is 2.25. The summed E-state index contributed by atoms with van der Waals surface area (Å²) in [5.74, 6) is 0. The van der Waals surface area contributed by atoms with Gasteiger partial charge in [-0.3, -0.25) is 4.68 Å². The third-order valence-corrected chi connectivity index (χ3v) is 3.75. The number of rotatable bonds is 6. The molecule has 0 aliphatic heterocycles. The molecule has 0 bridgehead atoms. The summed E-state index contributed by atoms with van der Waals surface area (Å²) >= 11 is 0. The summed E-state index contributed by atoms with van der Waals surface area (Å²) in [6, 6.07) is 11.3. The number of nitrogens with one attached hydrogen (secondary N) is 1. The molecule has 0 spiro atoms. The van der Waals surface area contributed by atoms with Crippen molar-refractivity contribution in [2.75, 3.05) is 7.05 Å². The molecule has 0 radical (unpaired) electrons. The lowest BCUT2D eigenvalue weighted by molar-refractivity contribution is 0.512. The number of likely N-dealkylation sites (N-methyl/N-ethyl adjacent to an activating group) is 1. The molecule has 1 unspecified atom stereocenters. The molecular formula is C17H25N3. The van der Waals surface area contributed by atoms with Crippen molar-refractivity contribution in [3.8, 4) is 0 Å². The SMILES string of the molecule is CCc1cc(C(Cc2cccc(C)c2)NC)n(CC)n1. The largest absolute Gasteiger partial charge is 0.311 e. The van der Waals surface area contributed by atoms with Crippen LogP contribution in [-0.2, 0) is 19.4 Å². The summed E-state index contributed by atoms with van der Waals surface area (Å²) < 4.78 is 2.12. The molecule has 0 aliphatic carbocycles. The standard InChI is InChI=1S/C17H25N3/c1-5-15-12-17(20(6-2)19-15)16(18-4)11-14-9-7-8-13(3)10-14/h7-10,12,16,18H,5-6,11H2,1-4H3. The van der Waals surface area contributed by atoms with E-state index in [1.165, 1.54) is 22.5 Å². The molecule has 1 heterocycles. The first kappa shape index (κ1) is 14.8. The molecule has 20 heavy (non-hydrogen) atoms. The summed E-state index contributed by atoms with van der Waals surface area (Å²) in [4.78, 5) is 0. The zero-order chi connectivity index (χ0) is 14.5. The Bertz CT molecular complexity index is 557. The molecule has 1 N–H and O–H groups in total. The van der Waals surface area contributed by atoms with Crippen molar-refractivity contribution in [2.24, 2.45) is 0 Å². The van der Waals surface area contributed by atoms with Gasteiger partial charge in [-0.15, -0.1) is 0 Å². The van der Waals surface area contributed by atoms with Crippen LogP contribution in [0.15, 0.2) is 30.3 Å². The second kappa shape index (κ2) is 6.71. The first-order valence-electron chi connectivity index (χ1n) is 7.47. The fourth-order valence-corrected chi connectivity index (χ4v) is 2.62. The smallest absolute Gasteiger partial charge is 0.0625 e. The Morgan fingerprint density at radius 3 is 2.65 bits per heavy atom. The van der Waals surface area contributed by atoms with Gasteiger partial charge in [0, 0.05) is 6.54 Å². The molecule has 1 aromatic carbocycles. The highest BCUT2D eigenvalue weighted by molar-refractivity contribution is 5.25. The minimum atomic E-state index is 0.310. The maximum atomic E-state index is 4.65. The molecule has 0 saturated heterocycles. The predicted octanol–water partition coefficient (Wildman–Crippen LogP) is 3.28. The lowest BCUT2D eigenvalue weighted by Crippen LogP contribution is -2.22. The fraction of sp³-hybridized carbons (Fsp3) is 0.471. The summed E-state index contributed by atoms with van der Waals surface area (Å²) in [5, 5.41) is 8.09. The van der Waals surface area contributed by atoms with Crippen molar-refractivity contribution in [1.29, 1.82) is 0 Å². The molecular weight excluding hydrogens is 246 g/mol. The van der Waals surface area contributed by atoms with Gasteiger partial charge in [-0.05, 0) is 45.4 Å². The highest BCUT2D eigenvalue weighted by atomic mass is 15.3. The number of benzene rings is 1. The van der Waals surface area contributed by atoms with Gasteiger partial charge in [-0.2, -0.15) is 5.10 Å². The number of aromatic nitrogens is 2. The Hall–Kier alpha value is -1.61. The van der Waals surface area contributed by atoms with E-state index in [-0.39, 0.29) is 0 Å². The lowest BCUT2D eigenvalue weighted by atomic mass is 10.0. The molecule has 0 fully saturated rings. The summed E-state index contributed by atoms with van der Waals surface area (Å²) in [5.41, 5.74) is 5.14. The lowest BCUT2D eigenvalue weighted by Gasteiger charge is -2.17. The minimum Gasteiger partial charge on any atom is -0.311 e. The second-order valence-corrected chi connectivity index (χ2v) is 5.26. The third-order valence-electron chi connectivity index (χ3n) is 3.75. The van der Waals surface area contributed by atoms with Gasteiger partial charge in [0.15, 0.2) is 0 Å². The molecule has 0 aliphatic rings. The van der Waals surface area contributed by atoms with Crippen LogP contribution in [0.1, 0.15) is 42.4 Å². The minimum absolute atomic E-state index is 0.310. The van der Waals surface area contributed by atoms with E-state index in [1.54, 1.807) is 0 Å². The van der Waals surface area contributed by atoms with E-state index in [9.17, 15) is 0 Å². The number of hydrogen-bond donors (Lipinski definition) is 1. The summed E-state index contributed by atoms with van der Waals surface area (Å²) in [6.07, 6.45) is 1.98. The normalized spacial score (nSPS) is 12.6. The van der Waals surface area contributed by atoms with E-state index in [0.717, 1.165) is 19.4 Å². The molecule has 1 aromatic heterocycles. The van der Waals surface area contributed by atoms with Crippen LogP contribution in [-0.4, -0.2) is 16.8 Å². The van der Waals surface area contributed by atoms with Gasteiger partial charge in [-0.1, -0.05) is 36.8 Å². The van der Waals surface area contributed by atoms with Crippen LogP contribution < -0.4 is 5.32 Å². The maximum Gasteiger partial charge on any atom is 0.0625 e. The quantitative estimate of drug-likeness (QED) is 0.874. The van der Waals surface area contributed by atoms with Crippen molar-refractivity contribution in [3.63, 3.8) is 0 Å². The third kappa shape index (κ3) is 3.28. The van der Waals surface area contributed by atoms with E-state index in [4.69, 9.17) is 0 Å². The van der Waals surface area contributed by atoms with Crippen molar-refractivity contribution >= 4 is 0 Å². The van der Waals surface area contributed by atoms with E-state index < -0.39 is 0 Å². The average Bonchev–Trinajstić information content (AvgIpc) is 2.88. The Labute approximate surface area is 122 Å². The monoisotopic (exact) mass is 271 g/mol. The number of nitrogens with zero attached hydrogens (tertiary/aromatic N) is 2. The fourth-order valence-electron chi connectivity index (χ4n) is 2.62. The van der Waals surface area contributed by atoms with E-state index in [0.29, 0.717) is 6.04 Å². The molecule has 108 valence electrons. The highest BCUT2D eigenvalue weighted by Gasteiger charge is 2.16. The van der Waals surface area contributed by atoms with Crippen molar-refractivity contribution in [3.05, 3.63) is 52.8 Å². The maximum absolute atomic E-state index is 4.65. The van der Waals surface area contributed by atoms with Gasteiger partial charge in [-0.25, -0.2) is 0 Å². The topological polar surface area (TPSA) is 29.9 Å². The molecule has 0 amide bonds. The van der Waals surface area contributed by atoms with Gasteiger partial charge in [0.2, 0.25) is 0 Å². The van der Waals surface area contributed by atoms with Crippen LogP contribution in [0.2, 0.25) is 0 Å². The Morgan fingerprint density at radius 1 is 1.25 bits per heavy atom. The van der Waals surface area contributed by atoms with Crippen molar-refractivity contribution in [1.82, 2.24) is 15.1 Å². The van der Waals surface area contributed by atoms with Gasteiger partial charge >= 0.3 is 0 Å². The number of aryl methyl sites for hydroxylation is 3. The van der Waals surface area contributed by atoms with Gasteiger partial charge in [0.05, 0.1) is 17.4 Å². The first-order chi connectivity index (χ1) is 9.67. The van der Waals surface area contributed by atoms with Gasteiger partial charge < -0.3 is 5.32 Å². The predicted molar refractivity (Wildman–Crippen MR) is 84.0 cm³/mol. The second-order valence-electron chi connectivity index (χ2n) is 5.26. The summed E-state index contributed by atoms with van der Waals surface area (Å²) in [6.45, 7) is 7.36. The molecule has 1 atom stereocenters. The van der Waals surface area contributed by atoms with Crippen molar-refractivity contribution < 1.29 is 0 Å².